The Morgan fingerprint density at radius 1 is 1.29 bits per heavy atom. The van der Waals surface area contributed by atoms with Crippen LogP contribution in [0.5, 0.6) is 0 Å². The van der Waals surface area contributed by atoms with E-state index in [-0.39, 0.29) is 5.97 Å². The summed E-state index contributed by atoms with van der Waals surface area (Å²) in [6.07, 6.45) is 0.189. The first-order chi connectivity index (χ1) is 7.83. The van der Waals surface area contributed by atoms with E-state index >= 15 is 0 Å². The van der Waals surface area contributed by atoms with Crippen molar-refractivity contribution >= 4 is 5.97 Å². The molecule has 1 aromatic carbocycles. The molecule has 0 bridgehead atoms. The van der Waals surface area contributed by atoms with E-state index in [9.17, 15) is 9.90 Å². The van der Waals surface area contributed by atoms with Gasteiger partial charge in [0.05, 0.1) is 11.7 Å². The summed E-state index contributed by atoms with van der Waals surface area (Å²) in [5, 5.41) is 9.63. The summed E-state index contributed by atoms with van der Waals surface area (Å²) >= 11 is 0. The molecule has 0 aliphatic heterocycles. The highest BCUT2D eigenvalue weighted by molar-refractivity contribution is 5.89. The van der Waals surface area contributed by atoms with Crippen molar-refractivity contribution in [2.24, 2.45) is 0 Å². The first-order valence-electron chi connectivity index (χ1n) is 5.85. The van der Waals surface area contributed by atoms with Crippen molar-refractivity contribution < 1.29 is 14.6 Å². The van der Waals surface area contributed by atoms with Gasteiger partial charge in [-0.2, -0.15) is 0 Å². The van der Waals surface area contributed by atoms with Crippen LogP contribution in [0.15, 0.2) is 24.3 Å². The number of rotatable bonds is 3. The fourth-order valence-corrected chi connectivity index (χ4v) is 1.41. The summed E-state index contributed by atoms with van der Waals surface area (Å²) in [6, 6.07) is 6.88. The fourth-order valence-electron chi connectivity index (χ4n) is 1.41. The summed E-state index contributed by atoms with van der Waals surface area (Å²) < 4.78 is 5.25. The zero-order valence-corrected chi connectivity index (χ0v) is 10.9. The largest absolute Gasteiger partial charge is 0.456 e. The lowest BCUT2D eigenvalue weighted by molar-refractivity contribution is 0.00694. The smallest absolute Gasteiger partial charge is 0.338 e. The molecule has 94 valence electrons. The Hall–Kier alpha value is -1.35. The molecular weight excluding hydrogens is 216 g/mol. The van der Waals surface area contributed by atoms with Crippen LogP contribution in [0.2, 0.25) is 0 Å². The lowest BCUT2D eigenvalue weighted by Crippen LogP contribution is -2.23. The third-order valence-electron chi connectivity index (χ3n) is 2.32. The van der Waals surface area contributed by atoms with Gasteiger partial charge in [0.15, 0.2) is 0 Å². The molecule has 0 heterocycles. The van der Waals surface area contributed by atoms with Crippen molar-refractivity contribution in [3.05, 3.63) is 35.4 Å². The van der Waals surface area contributed by atoms with E-state index in [1.807, 2.05) is 27.7 Å². The van der Waals surface area contributed by atoms with E-state index in [0.717, 1.165) is 5.56 Å². The molecule has 0 saturated carbocycles. The number of hydrogen-bond donors (Lipinski definition) is 1. The minimum Gasteiger partial charge on any atom is -0.456 e. The Morgan fingerprint density at radius 3 is 2.24 bits per heavy atom. The quantitative estimate of drug-likeness (QED) is 0.820. The van der Waals surface area contributed by atoms with Gasteiger partial charge in [0.25, 0.3) is 0 Å². The first-order valence-corrected chi connectivity index (χ1v) is 5.85. The predicted octanol–water partition coefficient (Wildman–Crippen LogP) is 3.09. The number of aliphatic hydroxyl groups excluding tert-OH is 1. The van der Waals surface area contributed by atoms with Gasteiger partial charge >= 0.3 is 5.97 Å². The van der Waals surface area contributed by atoms with Gasteiger partial charge in [0, 0.05) is 0 Å². The summed E-state index contributed by atoms with van der Waals surface area (Å²) in [5.74, 6) is -0.338. The molecule has 1 N–H and O–H groups in total. The number of carbonyl (C=O) groups is 1. The molecule has 1 aromatic rings. The minimum atomic E-state index is -0.487. The lowest BCUT2D eigenvalue weighted by atomic mass is 10.1. The van der Waals surface area contributed by atoms with E-state index < -0.39 is 11.7 Å². The summed E-state index contributed by atoms with van der Waals surface area (Å²) in [5.41, 5.74) is 0.838. The number of carbonyl (C=O) groups excluding carboxylic acids is 1. The SMILES string of the molecule is CC[C@@H](O)c1ccc(C(=O)OC(C)(C)C)cc1. The maximum atomic E-state index is 11.7. The molecule has 0 spiro atoms. The number of aliphatic hydroxyl groups is 1. The molecule has 0 saturated heterocycles. The van der Waals surface area contributed by atoms with Crippen molar-refractivity contribution in [3.8, 4) is 0 Å². The zero-order chi connectivity index (χ0) is 13.1. The second-order valence-electron chi connectivity index (χ2n) is 5.05. The first kappa shape index (κ1) is 13.7. The molecule has 0 aliphatic rings. The van der Waals surface area contributed by atoms with Gasteiger partial charge in [-0.3, -0.25) is 0 Å². The van der Waals surface area contributed by atoms with Crippen molar-refractivity contribution in [1.82, 2.24) is 0 Å². The average Bonchev–Trinajstić information content (AvgIpc) is 2.26. The standard InChI is InChI=1S/C14H20O3/c1-5-12(15)10-6-8-11(9-7-10)13(16)17-14(2,3)4/h6-9,12,15H,5H2,1-4H3/t12-/m1/s1. The minimum absolute atomic E-state index is 0.338. The van der Waals surface area contributed by atoms with Crippen LogP contribution in [0, 0.1) is 0 Å². The van der Waals surface area contributed by atoms with E-state index in [0.29, 0.717) is 12.0 Å². The Bertz CT molecular complexity index is 373. The van der Waals surface area contributed by atoms with E-state index in [4.69, 9.17) is 4.74 Å². The third kappa shape index (κ3) is 4.19. The van der Waals surface area contributed by atoms with Crippen LogP contribution in [0.3, 0.4) is 0 Å². The number of ether oxygens (including phenoxy) is 1. The van der Waals surface area contributed by atoms with Crippen LogP contribution in [-0.2, 0) is 4.74 Å². The highest BCUT2D eigenvalue weighted by Crippen LogP contribution is 2.18. The Balaban J connectivity index is 2.77. The number of hydrogen-bond acceptors (Lipinski definition) is 3. The molecular formula is C14H20O3. The van der Waals surface area contributed by atoms with Crippen LogP contribution in [0.25, 0.3) is 0 Å². The average molecular weight is 236 g/mol. The van der Waals surface area contributed by atoms with Gasteiger partial charge in [0.1, 0.15) is 5.60 Å². The molecule has 1 rings (SSSR count). The van der Waals surface area contributed by atoms with Gasteiger partial charge < -0.3 is 9.84 Å². The van der Waals surface area contributed by atoms with Gasteiger partial charge in [0.2, 0.25) is 0 Å². The molecule has 0 fully saturated rings. The second kappa shape index (κ2) is 5.32. The van der Waals surface area contributed by atoms with E-state index in [2.05, 4.69) is 0 Å². The maximum absolute atomic E-state index is 11.7. The van der Waals surface area contributed by atoms with Crippen LogP contribution in [-0.4, -0.2) is 16.7 Å². The fraction of sp³-hybridized carbons (Fsp3) is 0.500. The summed E-state index contributed by atoms with van der Waals surface area (Å²) in [7, 11) is 0. The molecule has 3 nitrogen and oxygen atoms in total. The highest BCUT2D eigenvalue weighted by atomic mass is 16.6. The predicted molar refractivity (Wildman–Crippen MR) is 66.9 cm³/mol. The summed E-state index contributed by atoms with van der Waals surface area (Å²) in [4.78, 5) is 11.7. The van der Waals surface area contributed by atoms with Crippen LogP contribution >= 0.6 is 0 Å². The second-order valence-corrected chi connectivity index (χ2v) is 5.05. The maximum Gasteiger partial charge on any atom is 0.338 e. The molecule has 0 aromatic heterocycles. The third-order valence-corrected chi connectivity index (χ3v) is 2.32. The molecule has 0 aliphatic carbocycles. The van der Waals surface area contributed by atoms with E-state index in [1.165, 1.54) is 0 Å². The molecule has 17 heavy (non-hydrogen) atoms. The summed E-state index contributed by atoms with van der Waals surface area (Å²) in [6.45, 7) is 7.41. The van der Waals surface area contributed by atoms with Crippen LogP contribution in [0.1, 0.15) is 56.1 Å². The molecule has 3 heteroatoms. The van der Waals surface area contributed by atoms with Gasteiger partial charge in [-0.1, -0.05) is 19.1 Å². The van der Waals surface area contributed by atoms with Crippen LogP contribution < -0.4 is 0 Å². The molecule has 0 unspecified atom stereocenters. The lowest BCUT2D eigenvalue weighted by Gasteiger charge is -2.19. The monoisotopic (exact) mass is 236 g/mol. The zero-order valence-electron chi connectivity index (χ0n) is 10.9. The van der Waals surface area contributed by atoms with Crippen molar-refractivity contribution in [1.29, 1.82) is 0 Å². The Morgan fingerprint density at radius 2 is 1.82 bits per heavy atom. The number of esters is 1. The topological polar surface area (TPSA) is 46.5 Å². The number of benzene rings is 1. The normalized spacial score (nSPS) is 13.2. The molecule has 0 amide bonds. The highest BCUT2D eigenvalue weighted by Gasteiger charge is 2.17. The Kier molecular flexibility index (Phi) is 4.29. The van der Waals surface area contributed by atoms with E-state index in [1.54, 1.807) is 24.3 Å². The van der Waals surface area contributed by atoms with Gasteiger partial charge in [-0.25, -0.2) is 4.79 Å². The molecule has 1 atom stereocenters. The van der Waals surface area contributed by atoms with Gasteiger partial charge in [-0.15, -0.1) is 0 Å². The van der Waals surface area contributed by atoms with Crippen molar-refractivity contribution in [2.45, 2.75) is 45.8 Å². The molecule has 0 radical (unpaired) electrons. The Labute approximate surface area is 102 Å². The van der Waals surface area contributed by atoms with Crippen LogP contribution in [0.4, 0.5) is 0 Å². The van der Waals surface area contributed by atoms with Crippen molar-refractivity contribution in [2.75, 3.05) is 0 Å². The van der Waals surface area contributed by atoms with Crippen molar-refractivity contribution in [3.63, 3.8) is 0 Å². The van der Waals surface area contributed by atoms with Gasteiger partial charge in [-0.05, 0) is 44.9 Å².